The van der Waals surface area contributed by atoms with Gasteiger partial charge < -0.3 is 9.84 Å². The summed E-state index contributed by atoms with van der Waals surface area (Å²) in [6.45, 7) is 4.36. The maximum Gasteiger partial charge on any atom is 0.339 e. The fraction of sp³-hybridized carbons (Fsp3) is 0.385. The molecule has 0 saturated carbocycles. The molecular formula is C13H16O4. The van der Waals surface area contributed by atoms with E-state index in [-0.39, 0.29) is 11.1 Å². The van der Waals surface area contributed by atoms with Crippen molar-refractivity contribution in [2.24, 2.45) is 5.92 Å². The summed E-state index contributed by atoms with van der Waals surface area (Å²) >= 11 is 0. The molecule has 0 radical (unpaired) electrons. The lowest BCUT2D eigenvalue weighted by molar-refractivity contribution is 0.0478. The Hall–Kier alpha value is -1.84. The molecule has 0 aliphatic rings. The zero-order chi connectivity index (χ0) is 12.8. The van der Waals surface area contributed by atoms with Gasteiger partial charge in [0.1, 0.15) is 0 Å². The van der Waals surface area contributed by atoms with E-state index in [9.17, 15) is 9.59 Å². The highest BCUT2D eigenvalue weighted by Gasteiger charge is 2.16. The Kier molecular flexibility index (Phi) is 4.69. The Balaban J connectivity index is 2.72. The van der Waals surface area contributed by atoms with E-state index in [0.29, 0.717) is 12.5 Å². The largest absolute Gasteiger partial charge is 0.478 e. The molecule has 4 nitrogen and oxygen atoms in total. The first-order valence-corrected chi connectivity index (χ1v) is 5.51. The summed E-state index contributed by atoms with van der Waals surface area (Å²) < 4.78 is 5.03. The van der Waals surface area contributed by atoms with E-state index in [1.165, 1.54) is 12.1 Å². The minimum absolute atomic E-state index is 0.0259. The molecule has 0 fully saturated rings. The van der Waals surface area contributed by atoms with Gasteiger partial charge in [-0.25, -0.2) is 9.59 Å². The summed E-state index contributed by atoms with van der Waals surface area (Å²) in [5.74, 6) is -1.26. The van der Waals surface area contributed by atoms with Gasteiger partial charge in [-0.15, -0.1) is 0 Å². The van der Waals surface area contributed by atoms with Crippen molar-refractivity contribution in [3.05, 3.63) is 35.4 Å². The third-order valence-corrected chi connectivity index (χ3v) is 2.31. The van der Waals surface area contributed by atoms with Crippen LogP contribution in [0.2, 0.25) is 0 Å². The number of carboxylic acids is 1. The predicted octanol–water partition coefficient (Wildman–Crippen LogP) is 2.59. The summed E-state index contributed by atoms with van der Waals surface area (Å²) in [5.41, 5.74) is 0.0748. The van der Waals surface area contributed by atoms with Crippen LogP contribution in [0.1, 0.15) is 41.0 Å². The number of carbonyl (C=O) groups is 2. The molecule has 1 aromatic rings. The molecule has 0 atom stereocenters. The minimum Gasteiger partial charge on any atom is -0.478 e. The molecule has 0 aromatic heterocycles. The number of rotatable bonds is 5. The summed E-state index contributed by atoms with van der Waals surface area (Å²) in [4.78, 5) is 22.6. The second kappa shape index (κ2) is 6.03. The van der Waals surface area contributed by atoms with Crippen LogP contribution in [-0.4, -0.2) is 23.7 Å². The summed E-state index contributed by atoms with van der Waals surface area (Å²) in [5, 5.41) is 8.92. The molecule has 0 aliphatic heterocycles. The molecule has 0 aliphatic carbocycles. The van der Waals surface area contributed by atoms with Gasteiger partial charge in [0.25, 0.3) is 0 Å². The average Bonchev–Trinajstić information content (AvgIpc) is 2.28. The van der Waals surface area contributed by atoms with Crippen LogP contribution in [0, 0.1) is 5.92 Å². The zero-order valence-electron chi connectivity index (χ0n) is 9.97. The summed E-state index contributed by atoms with van der Waals surface area (Å²) in [7, 11) is 0. The van der Waals surface area contributed by atoms with Crippen LogP contribution in [-0.2, 0) is 4.74 Å². The molecule has 1 aromatic carbocycles. The monoisotopic (exact) mass is 236 g/mol. The highest BCUT2D eigenvalue weighted by atomic mass is 16.5. The molecule has 0 unspecified atom stereocenters. The number of carbonyl (C=O) groups excluding carboxylic acids is 1. The van der Waals surface area contributed by atoms with Gasteiger partial charge >= 0.3 is 11.9 Å². The Morgan fingerprint density at radius 2 is 1.82 bits per heavy atom. The molecule has 4 heteroatoms. The molecule has 0 bridgehead atoms. The standard InChI is InChI=1S/C13H16O4/c1-9(2)7-8-17-13(16)11-6-4-3-5-10(11)12(14)15/h3-6,9H,7-8H2,1-2H3,(H,14,15). The first-order valence-electron chi connectivity index (χ1n) is 5.51. The normalized spacial score (nSPS) is 10.3. The third kappa shape index (κ3) is 3.90. The van der Waals surface area contributed by atoms with Crippen LogP contribution < -0.4 is 0 Å². The lowest BCUT2D eigenvalue weighted by atomic mass is 10.1. The number of benzene rings is 1. The van der Waals surface area contributed by atoms with E-state index in [0.717, 1.165) is 6.42 Å². The first kappa shape index (κ1) is 13.2. The predicted molar refractivity (Wildman–Crippen MR) is 63.1 cm³/mol. The van der Waals surface area contributed by atoms with E-state index < -0.39 is 11.9 Å². The molecule has 1 N–H and O–H groups in total. The number of esters is 1. The molecule has 0 amide bonds. The maximum atomic E-state index is 11.7. The molecule has 0 heterocycles. The van der Waals surface area contributed by atoms with Crippen molar-refractivity contribution in [1.29, 1.82) is 0 Å². The maximum absolute atomic E-state index is 11.7. The van der Waals surface area contributed by atoms with Crippen molar-refractivity contribution in [3.63, 3.8) is 0 Å². The van der Waals surface area contributed by atoms with Crippen LogP contribution in [0.5, 0.6) is 0 Å². The fourth-order valence-electron chi connectivity index (χ4n) is 1.31. The van der Waals surface area contributed by atoms with Gasteiger partial charge in [0.05, 0.1) is 17.7 Å². The zero-order valence-corrected chi connectivity index (χ0v) is 9.97. The molecule has 1 rings (SSSR count). The molecular weight excluding hydrogens is 220 g/mol. The highest BCUT2D eigenvalue weighted by molar-refractivity contribution is 6.02. The van der Waals surface area contributed by atoms with Gasteiger partial charge in [-0.3, -0.25) is 0 Å². The van der Waals surface area contributed by atoms with Gasteiger partial charge in [0.2, 0.25) is 0 Å². The number of hydrogen-bond acceptors (Lipinski definition) is 3. The van der Waals surface area contributed by atoms with Crippen LogP contribution in [0.25, 0.3) is 0 Å². The highest BCUT2D eigenvalue weighted by Crippen LogP contribution is 2.11. The Labute approximate surface area is 100 Å². The fourth-order valence-corrected chi connectivity index (χ4v) is 1.31. The summed E-state index contributed by atoms with van der Waals surface area (Å²) in [6.07, 6.45) is 0.765. The lowest BCUT2D eigenvalue weighted by Crippen LogP contribution is -2.12. The van der Waals surface area contributed by atoms with Crippen LogP contribution >= 0.6 is 0 Å². The van der Waals surface area contributed by atoms with Crippen LogP contribution in [0.3, 0.4) is 0 Å². The Morgan fingerprint density at radius 1 is 1.24 bits per heavy atom. The second-order valence-corrected chi connectivity index (χ2v) is 4.17. The summed E-state index contributed by atoms with van der Waals surface area (Å²) in [6, 6.07) is 6.04. The smallest absolute Gasteiger partial charge is 0.339 e. The lowest BCUT2D eigenvalue weighted by Gasteiger charge is -2.08. The second-order valence-electron chi connectivity index (χ2n) is 4.17. The minimum atomic E-state index is -1.12. The number of carboxylic acid groups (broad SMARTS) is 1. The van der Waals surface area contributed by atoms with E-state index in [4.69, 9.17) is 9.84 Å². The van der Waals surface area contributed by atoms with Gasteiger partial charge in [-0.2, -0.15) is 0 Å². The Bertz CT molecular complexity index is 410. The van der Waals surface area contributed by atoms with Crippen molar-refractivity contribution in [2.45, 2.75) is 20.3 Å². The van der Waals surface area contributed by atoms with Crippen LogP contribution in [0.15, 0.2) is 24.3 Å². The van der Waals surface area contributed by atoms with Crippen molar-refractivity contribution < 1.29 is 19.4 Å². The first-order chi connectivity index (χ1) is 8.02. The van der Waals surface area contributed by atoms with E-state index >= 15 is 0 Å². The van der Waals surface area contributed by atoms with Crippen molar-refractivity contribution >= 4 is 11.9 Å². The van der Waals surface area contributed by atoms with Crippen LogP contribution in [0.4, 0.5) is 0 Å². The van der Waals surface area contributed by atoms with E-state index in [1.54, 1.807) is 12.1 Å². The molecule has 17 heavy (non-hydrogen) atoms. The molecule has 0 spiro atoms. The quantitative estimate of drug-likeness (QED) is 0.798. The molecule has 0 saturated heterocycles. The SMILES string of the molecule is CC(C)CCOC(=O)c1ccccc1C(=O)O. The van der Waals surface area contributed by atoms with E-state index in [1.807, 2.05) is 13.8 Å². The van der Waals surface area contributed by atoms with E-state index in [2.05, 4.69) is 0 Å². The van der Waals surface area contributed by atoms with Gasteiger partial charge in [0.15, 0.2) is 0 Å². The third-order valence-electron chi connectivity index (χ3n) is 2.31. The average molecular weight is 236 g/mol. The van der Waals surface area contributed by atoms with Crippen molar-refractivity contribution in [1.82, 2.24) is 0 Å². The topological polar surface area (TPSA) is 63.6 Å². The van der Waals surface area contributed by atoms with Crippen molar-refractivity contribution in [2.75, 3.05) is 6.61 Å². The van der Waals surface area contributed by atoms with Gasteiger partial charge in [-0.1, -0.05) is 26.0 Å². The number of aromatic carboxylic acids is 1. The van der Waals surface area contributed by atoms with Gasteiger partial charge in [-0.05, 0) is 24.5 Å². The number of hydrogen-bond donors (Lipinski definition) is 1. The molecule has 92 valence electrons. The van der Waals surface area contributed by atoms with Gasteiger partial charge in [0, 0.05) is 0 Å². The Morgan fingerprint density at radius 3 is 2.35 bits per heavy atom. The number of ether oxygens (including phenoxy) is 1. The van der Waals surface area contributed by atoms with Crippen molar-refractivity contribution in [3.8, 4) is 0 Å².